The molecule has 0 saturated heterocycles. The number of hydrogen-bond acceptors (Lipinski definition) is 6. The lowest BCUT2D eigenvalue weighted by Crippen LogP contribution is -2.27. The number of rotatable bonds is 1. The Morgan fingerprint density at radius 1 is 1.35 bits per heavy atom. The van der Waals surface area contributed by atoms with E-state index in [1.54, 1.807) is 39.2 Å². The molecule has 2 rings (SSSR count). The van der Waals surface area contributed by atoms with Gasteiger partial charge in [-0.05, 0) is 26.8 Å². The second-order valence-electron chi connectivity index (χ2n) is 5.31. The van der Waals surface area contributed by atoms with Crippen LogP contribution in [-0.4, -0.2) is 26.5 Å². The molecule has 7 heteroatoms. The summed E-state index contributed by atoms with van der Waals surface area (Å²) in [6.07, 6.45) is 4.06. The van der Waals surface area contributed by atoms with Crippen LogP contribution < -0.4 is 11.5 Å². The summed E-state index contributed by atoms with van der Waals surface area (Å²) in [5.41, 5.74) is 12.6. The topological polar surface area (TPSA) is 109 Å². The average molecular weight is 275 g/mol. The molecule has 106 valence electrons. The predicted molar refractivity (Wildman–Crippen MR) is 75.9 cm³/mol. The molecule has 2 aromatic heterocycles. The van der Waals surface area contributed by atoms with Gasteiger partial charge in [-0.15, -0.1) is 0 Å². The third-order valence-corrected chi connectivity index (χ3v) is 2.50. The Labute approximate surface area is 116 Å². The number of nitrogen functional groups attached to an aromatic ring is 2. The van der Waals surface area contributed by atoms with Gasteiger partial charge in [-0.1, -0.05) is 0 Å². The number of ether oxygens (including phenoxy) is 1. The number of nitrogens with zero attached hydrogens (tertiary/aromatic N) is 3. The molecule has 7 nitrogen and oxygen atoms in total. The number of carbonyl (C=O) groups is 1. The smallest absolute Gasteiger partial charge is 0.435 e. The highest BCUT2D eigenvalue weighted by molar-refractivity contribution is 5.82. The van der Waals surface area contributed by atoms with Crippen LogP contribution in [0.3, 0.4) is 0 Å². The molecule has 0 fully saturated rings. The van der Waals surface area contributed by atoms with Crippen molar-refractivity contribution in [3.05, 3.63) is 24.7 Å². The Morgan fingerprint density at radius 3 is 2.70 bits per heavy atom. The maximum absolute atomic E-state index is 11.9. The van der Waals surface area contributed by atoms with E-state index in [4.69, 9.17) is 16.2 Å². The summed E-state index contributed by atoms with van der Waals surface area (Å²) in [6, 6.07) is 1.71. The molecule has 2 aromatic rings. The Kier molecular flexibility index (Phi) is 3.35. The number of hydrogen-bond donors (Lipinski definition) is 2. The Morgan fingerprint density at radius 2 is 2.05 bits per heavy atom. The first-order valence-corrected chi connectivity index (χ1v) is 6.06. The van der Waals surface area contributed by atoms with Gasteiger partial charge in [-0.25, -0.2) is 9.78 Å². The van der Waals surface area contributed by atoms with E-state index in [1.165, 1.54) is 6.20 Å². The first kappa shape index (κ1) is 13.9. The molecule has 0 aliphatic rings. The zero-order valence-electron chi connectivity index (χ0n) is 11.6. The van der Waals surface area contributed by atoms with Crippen molar-refractivity contribution in [1.29, 1.82) is 0 Å². The van der Waals surface area contributed by atoms with Gasteiger partial charge in [0.15, 0.2) is 0 Å². The van der Waals surface area contributed by atoms with Crippen molar-refractivity contribution in [3.63, 3.8) is 0 Å². The molecule has 0 unspecified atom stereocenters. The van der Waals surface area contributed by atoms with E-state index in [9.17, 15) is 4.79 Å². The van der Waals surface area contributed by atoms with E-state index < -0.39 is 11.7 Å². The van der Waals surface area contributed by atoms with Gasteiger partial charge in [0.1, 0.15) is 11.4 Å². The van der Waals surface area contributed by atoms with Crippen molar-refractivity contribution in [1.82, 2.24) is 14.8 Å². The van der Waals surface area contributed by atoms with Gasteiger partial charge in [-0.2, -0.15) is 9.78 Å². The molecule has 0 amide bonds. The molecule has 0 aliphatic heterocycles. The monoisotopic (exact) mass is 275 g/mol. The summed E-state index contributed by atoms with van der Waals surface area (Å²) in [4.78, 5) is 15.8. The summed E-state index contributed by atoms with van der Waals surface area (Å²) in [6.45, 7) is 5.37. The zero-order valence-corrected chi connectivity index (χ0v) is 11.6. The fourth-order valence-electron chi connectivity index (χ4n) is 1.61. The van der Waals surface area contributed by atoms with Crippen LogP contribution in [-0.2, 0) is 4.74 Å². The van der Waals surface area contributed by atoms with Gasteiger partial charge in [-0.3, -0.25) is 0 Å². The summed E-state index contributed by atoms with van der Waals surface area (Å²) >= 11 is 0. The van der Waals surface area contributed by atoms with E-state index in [2.05, 4.69) is 10.1 Å². The van der Waals surface area contributed by atoms with E-state index in [-0.39, 0.29) is 5.82 Å². The molecule has 0 radical (unpaired) electrons. The van der Waals surface area contributed by atoms with Crippen molar-refractivity contribution in [2.24, 2.45) is 0 Å². The third-order valence-electron chi connectivity index (χ3n) is 2.50. The summed E-state index contributed by atoms with van der Waals surface area (Å²) in [7, 11) is 0. The summed E-state index contributed by atoms with van der Waals surface area (Å²) in [5.74, 6) is 0.243. The number of aromatic nitrogens is 3. The van der Waals surface area contributed by atoms with Crippen LogP contribution in [0, 0.1) is 0 Å². The van der Waals surface area contributed by atoms with Gasteiger partial charge in [0.25, 0.3) is 0 Å². The SMILES string of the molecule is CC(C)(C)OC(=O)n1cc(-c2ccnc(N)c2N)cn1. The fraction of sp³-hybridized carbons (Fsp3) is 0.308. The van der Waals surface area contributed by atoms with Crippen molar-refractivity contribution < 1.29 is 9.53 Å². The molecular formula is C13H17N5O2. The summed E-state index contributed by atoms with van der Waals surface area (Å²) < 4.78 is 6.34. The highest BCUT2D eigenvalue weighted by atomic mass is 16.6. The standard InChI is InChI=1S/C13H17N5O2/c1-13(2,3)20-12(19)18-7-8(6-17-18)9-4-5-16-11(15)10(9)14/h4-7H,14H2,1-3H3,(H2,15,16). The number of nitrogens with two attached hydrogens (primary N) is 2. The first-order chi connectivity index (χ1) is 9.28. The zero-order chi connectivity index (χ0) is 14.9. The molecule has 0 aliphatic carbocycles. The third kappa shape index (κ3) is 2.87. The maximum atomic E-state index is 11.9. The quantitative estimate of drug-likeness (QED) is 0.822. The van der Waals surface area contributed by atoms with Gasteiger partial charge in [0.2, 0.25) is 0 Å². The number of pyridine rings is 1. The minimum absolute atomic E-state index is 0.243. The van der Waals surface area contributed by atoms with Gasteiger partial charge >= 0.3 is 6.09 Å². The van der Waals surface area contributed by atoms with Crippen molar-refractivity contribution in [2.75, 3.05) is 11.5 Å². The highest BCUT2D eigenvalue weighted by Crippen LogP contribution is 2.28. The van der Waals surface area contributed by atoms with Crippen LogP contribution in [0.4, 0.5) is 16.3 Å². The molecule has 20 heavy (non-hydrogen) atoms. The van der Waals surface area contributed by atoms with E-state index in [0.717, 1.165) is 4.68 Å². The Bertz CT molecular complexity index is 642. The van der Waals surface area contributed by atoms with Crippen molar-refractivity contribution in [2.45, 2.75) is 26.4 Å². The molecule has 4 N–H and O–H groups in total. The average Bonchev–Trinajstić information content (AvgIpc) is 2.80. The lowest BCUT2D eigenvalue weighted by molar-refractivity contribution is 0.0514. The van der Waals surface area contributed by atoms with Crippen LogP contribution in [0.25, 0.3) is 11.1 Å². The number of anilines is 2. The van der Waals surface area contributed by atoms with E-state index in [0.29, 0.717) is 16.8 Å². The van der Waals surface area contributed by atoms with Crippen LogP contribution in [0.2, 0.25) is 0 Å². The molecule has 0 bridgehead atoms. The lowest BCUT2D eigenvalue weighted by atomic mass is 10.1. The maximum Gasteiger partial charge on any atom is 0.435 e. The molecule has 2 heterocycles. The second-order valence-corrected chi connectivity index (χ2v) is 5.31. The molecule has 0 aromatic carbocycles. The lowest BCUT2D eigenvalue weighted by Gasteiger charge is -2.18. The van der Waals surface area contributed by atoms with Crippen LogP contribution in [0.1, 0.15) is 20.8 Å². The second kappa shape index (κ2) is 4.84. The minimum Gasteiger partial charge on any atom is -0.442 e. The minimum atomic E-state index is -0.580. The van der Waals surface area contributed by atoms with E-state index in [1.807, 2.05) is 0 Å². The van der Waals surface area contributed by atoms with Crippen LogP contribution in [0.5, 0.6) is 0 Å². The Balaban J connectivity index is 2.30. The van der Waals surface area contributed by atoms with Gasteiger partial charge in [0, 0.05) is 23.5 Å². The van der Waals surface area contributed by atoms with E-state index >= 15 is 0 Å². The summed E-state index contributed by atoms with van der Waals surface area (Å²) in [5, 5.41) is 3.97. The van der Waals surface area contributed by atoms with Crippen molar-refractivity contribution in [3.8, 4) is 11.1 Å². The van der Waals surface area contributed by atoms with Crippen molar-refractivity contribution >= 4 is 17.6 Å². The number of carbonyl (C=O) groups excluding carboxylic acids is 1. The molecule has 0 saturated carbocycles. The highest BCUT2D eigenvalue weighted by Gasteiger charge is 2.19. The predicted octanol–water partition coefficient (Wildman–Crippen LogP) is 1.89. The first-order valence-electron chi connectivity index (χ1n) is 6.06. The fourth-order valence-corrected chi connectivity index (χ4v) is 1.61. The molecule has 0 spiro atoms. The van der Waals surface area contributed by atoms with Gasteiger partial charge in [0.05, 0.1) is 11.9 Å². The van der Waals surface area contributed by atoms with Crippen LogP contribution >= 0.6 is 0 Å². The normalized spacial score (nSPS) is 11.3. The molecule has 0 atom stereocenters. The Hall–Kier alpha value is -2.57. The largest absolute Gasteiger partial charge is 0.442 e. The van der Waals surface area contributed by atoms with Gasteiger partial charge < -0.3 is 16.2 Å². The molecular weight excluding hydrogens is 258 g/mol. The van der Waals surface area contributed by atoms with Crippen LogP contribution in [0.15, 0.2) is 24.7 Å².